The van der Waals surface area contributed by atoms with Crippen LogP contribution >= 0.6 is 11.6 Å². The molecular weight excluding hydrogens is 362 g/mol. The summed E-state index contributed by atoms with van der Waals surface area (Å²) in [7, 11) is 1.56. The Morgan fingerprint density at radius 1 is 1.15 bits per heavy atom. The van der Waals surface area contributed by atoms with Crippen molar-refractivity contribution in [2.45, 2.75) is 24.9 Å². The second kappa shape index (κ2) is 5.36. The van der Waals surface area contributed by atoms with Crippen LogP contribution in [0, 0.1) is 0 Å². The first-order valence-corrected chi connectivity index (χ1v) is 9.26. The van der Waals surface area contributed by atoms with Crippen molar-refractivity contribution in [1.29, 1.82) is 0 Å². The van der Waals surface area contributed by atoms with E-state index in [0.29, 0.717) is 11.4 Å². The fraction of sp³-hybridized carbons (Fsp3) is 0.238. The number of fused-ring (bicyclic) bond motifs is 4. The average Bonchev–Trinajstić information content (AvgIpc) is 3.09. The van der Waals surface area contributed by atoms with Gasteiger partial charge < -0.3 is 4.98 Å². The van der Waals surface area contributed by atoms with Crippen LogP contribution in [-0.2, 0) is 11.2 Å². The van der Waals surface area contributed by atoms with E-state index in [-0.39, 0.29) is 18.0 Å². The van der Waals surface area contributed by atoms with Gasteiger partial charge in [0.15, 0.2) is 0 Å². The molecule has 0 radical (unpaired) electrons. The maximum Gasteiger partial charge on any atom is 0.328 e. The number of carbonyl (C=O) groups is 2. The van der Waals surface area contributed by atoms with E-state index in [4.69, 9.17) is 11.6 Å². The van der Waals surface area contributed by atoms with E-state index in [9.17, 15) is 9.59 Å². The molecule has 0 bridgehead atoms. The molecule has 2 atom stereocenters. The van der Waals surface area contributed by atoms with Gasteiger partial charge >= 0.3 is 6.03 Å². The van der Waals surface area contributed by atoms with Crippen molar-refractivity contribution in [3.8, 4) is 0 Å². The maximum absolute atomic E-state index is 13.0. The van der Waals surface area contributed by atoms with E-state index >= 15 is 0 Å². The molecule has 2 aliphatic rings. The molecule has 2 unspecified atom stereocenters. The summed E-state index contributed by atoms with van der Waals surface area (Å²) in [6.45, 7) is 1.86. The second-order valence-corrected chi connectivity index (χ2v) is 7.92. The zero-order chi connectivity index (χ0) is 18.9. The molecule has 3 amide bonds. The van der Waals surface area contributed by atoms with Gasteiger partial charge in [-0.1, -0.05) is 41.9 Å². The lowest BCUT2D eigenvalue weighted by Gasteiger charge is -2.42. The van der Waals surface area contributed by atoms with Crippen LogP contribution in [0.1, 0.15) is 29.8 Å². The lowest BCUT2D eigenvalue weighted by atomic mass is 9.81. The summed E-state index contributed by atoms with van der Waals surface area (Å²) in [4.78, 5) is 32.5. The van der Waals surface area contributed by atoms with Gasteiger partial charge in [0.25, 0.3) is 5.91 Å². The third-order valence-electron chi connectivity index (χ3n) is 5.86. The van der Waals surface area contributed by atoms with Crippen LogP contribution in [0.2, 0.25) is 5.02 Å². The summed E-state index contributed by atoms with van der Waals surface area (Å²) in [6.07, 6.45) is 0.459. The number of halogens is 1. The Labute approximate surface area is 161 Å². The molecule has 27 heavy (non-hydrogen) atoms. The Bertz CT molecular complexity index is 1110. The SMILES string of the molecule is CN1C(=O)N2C(c3ccccc3)c3[nH]c4ccc(Cl)cc4c3CC2(C)C1=O. The number of hydrogen-bond donors (Lipinski definition) is 1. The molecule has 3 aromatic rings. The van der Waals surface area contributed by atoms with E-state index in [1.165, 1.54) is 4.90 Å². The second-order valence-electron chi connectivity index (χ2n) is 7.49. The van der Waals surface area contributed by atoms with Crippen LogP contribution in [-0.4, -0.2) is 39.3 Å². The highest BCUT2D eigenvalue weighted by Crippen LogP contribution is 2.48. The fourth-order valence-electron chi connectivity index (χ4n) is 4.57. The van der Waals surface area contributed by atoms with Crippen molar-refractivity contribution in [3.05, 3.63) is 70.4 Å². The van der Waals surface area contributed by atoms with Crippen LogP contribution in [0.5, 0.6) is 0 Å². The van der Waals surface area contributed by atoms with Crippen LogP contribution < -0.4 is 0 Å². The van der Waals surface area contributed by atoms with Gasteiger partial charge in [0.1, 0.15) is 11.6 Å². The number of carbonyl (C=O) groups excluding carboxylic acids is 2. The molecule has 6 heteroatoms. The normalized spacial score (nSPS) is 24.5. The number of urea groups is 1. The summed E-state index contributed by atoms with van der Waals surface area (Å²) in [5.41, 5.74) is 3.02. The van der Waals surface area contributed by atoms with Crippen molar-refractivity contribution in [3.63, 3.8) is 0 Å². The number of aromatic amines is 1. The number of hydrogen-bond acceptors (Lipinski definition) is 2. The van der Waals surface area contributed by atoms with E-state index in [0.717, 1.165) is 27.7 Å². The van der Waals surface area contributed by atoms with Crippen LogP contribution in [0.15, 0.2) is 48.5 Å². The largest absolute Gasteiger partial charge is 0.356 e. The first kappa shape index (κ1) is 16.4. The Hall–Kier alpha value is -2.79. The zero-order valence-electron chi connectivity index (χ0n) is 15.0. The number of likely N-dealkylation sites (N-methyl/N-ethyl adjacent to an activating group) is 1. The molecule has 0 spiro atoms. The molecule has 5 nitrogen and oxygen atoms in total. The van der Waals surface area contributed by atoms with Gasteiger partial charge in [0.2, 0.25) is 0 Å². The fourth-order valence-corrected chi connectivity index (χ4v) is 4.74. The van der Waals surface area contributed by atoms with E-state index in [1.807, 2.05) is 55.5 Å². The molecule has 0 saturated carbocycles. The zero-order valence-corrected chi connectivity index (χ0v) is 15.7. The molecule has 1 aromatic heterocycles. The highest BCUT2D eigenvalue weighted by molar-refractivity contribution is 6.31. The summed E-state index contributed by atoms with van der Waals surface area (Å²) in [6, 6.07) is 14.9. The predicted molar refractivity (Wildman–Crippen MR) is 104 cm³/mol. The Morgan fingerprint density at radius 3 is 2.63 bits per heavy atom. The summed E-state index contributed by atoms with van der Waals surface area (Å²) in [5.74, 6) is -0.171. The minimum absolute atomic E-state index is 0.171. The number of rotatable bonds is 1. The number of nitrogens with one attached hydrogen (secondary N) is 1. The molecule has 136 valence electrons. The molecule has 2 aliphatic heterocycles. The van der Waals surface area contributed by atoms with Gasteiger partial charge in [0.05, 0.1) is 0 Å². The van der Waals surface area contributed by atoms with Crippen LogP contribution in [0.25, 0.3) is 10.9 Å². The smallest absolute Gasteiger partial charge is 0.328 e. The maximum atomic E-state index is 13.0. The predicted octanol–water partition coefficient (Wildman–Crippen LogP) is 4.12. The average molecular weight is 380 g/mol. The molecule has 0 aliphatic carbocycles. The first-order valence-electron chi connectivity index (χ1n) is 8.88. The highest BCUT2D eigenvalue weighted by atomic mass is 35.5. The topological polar surface area (TPSA) is 56.4 Å². The van der Waals surface area contributed by atoms with Crippen molar-refractivity contribution in [2.24, 2.45) is 0 Å². The number of amides is 3. The van der Waals surface area contributed by atoms with Crippen molar-refractivity contribution < 1.29 is 9.59 Å². The standard InChI is InChI=1S/C21H18ClN3O2/c1-21-11-15-14-10-13(22)8-9-16(14)23-17(15)18(12-6-4-3-5-7-12)25(21)20(27)24(2)19(21)26/h3-10,18,23H,11H2,1-2H3. The Kier molecular flexibility index (Phi) is 3.25. The Morgan fingerprint density at radius 2 is 1.89 bits per heavy atom. The van der Waals surface area contributed by atoms with Gasteiger partial charge in [-0.2, -0.15) is 0 Å². The van der Waals surface area contributed by atoms with E-state index in [2.05, 4.69) is 4.98 Å². The van der Waals surface area contributed by atoms with Gasteiger partial charge in [-0.15, -0.1) is 0 Å². The van der Waals surface area contributed by atoms with E-state index < -0.39 is 5.54 Å². The third-order valence-corrected chi connectivity index (χ3v) is 6.09. The summed E-state index contributed by atoms with van der Waals surface area (Å²) in [5, 5.41) is 1.66. The number of benzene rings is 2. The summed E-state index contributed by atoms with van der Waals surface area (Å²) < 4.78 is 0. The van der Waals surface area contributed by atoms with Crippen LogP contribution in [0.3, 0.4) is 0 Å². The monoisotopic (exact) mass is 379 g/mol. The Balaban J connectivity index is 1.83. The quantitative estimate of drug-likeness (QED) is 0.646. The molecule has 3 heterocycles. The molecule has 1 fully saturated rings. The number of aromatic nitrogens is 1. The van der Waals surface area contributed by atoms with E-state index in [1.54, 1.807) is 11.9 Å². The minimum atomic E-state index is -0.920. The van der Waals surface area contributed by atoms with Gasteiger partial charge in [-0.05, 0) is 36.2 Å². The van der Waals surface area contributed by atoms with Crippen molar-refractivity contribution in [2.75, 3.05) is 7.05 Å². The number of imide groups is 1. The van der Waals surface area contributed by atoms with Gasteiger partial charge in [0, 0.05) is 35.1 Å². The lowest BCUT2D eigenvalue weighted by molar-refractivity contribution is -0.132. The molecular formula is C21H18ClN3O2. The third kappa shape index (κ3) is 2.06. The molecule has 2 aromatic carbocycles. The van der Waals surface area contributed by atoms with Crippen LogP contribution in [0.4, 0.5) is 4.79 Å². The van der Waals surface area contributed by atoms with Gasteiger partial charge in [-0.25, -0.2) is 4.79 Å². The van der Waals surface area contributed by atoms with Crippen molar-refractivity contribution in [1.82, 2.24) is 14.8 Å². The number of H-pyrrole nitrogens is 1. The van der Waals surface area contributed by atoms with Gasteiger partial charge in [-0.3, -0.25) is 14.6 Å². The molecule has 1 N–H and O–H groups in total. The first-order chi connectivity index (χ1) is 12.9. The lowest BCUT2D eigenvalue weighted by Crippen LogP contribution is -2.53. The van der Waals surface area contributed by atoms with Crippen molar-refractivity contribution >= 4 is 34.4 Å². The number of nitrogens with zero attached hydrogens (tertiary/aromatic N) is 2. The highest BCUT2D eigenvalue weighted by Gasteiger charge is 2.59. The minimum Gasteiger partial charge on any atom is -0.356 e. The summed E-state index contributed by atoms with van der Waals surface area (Å²) >= 11 is 6.24. The molecule has 5 rings (SSSR count). The molecule has 1 saturated heterocycles.